The molecule has 0 saturated carbocycles. The van der Waals surface area contributed by atoms with Crippen LogP contribution in [-0.4, -0.2) is 16.9 Å². The van der Waals surface area contributed by atoms with Crippen LogP contribution in [0.25, 0.3) is 11.1 Å². The van der Waals surface area contributed by atoms with Gasteiger partial charge in [-0.3, -0.25) is 4.79 Å². The molecule has 5 N–H and O–H groups in total. The smallest absolute Gasteiger partial charge is 0.289 e. The number of ether oxygens (including phenoxy) is 1. The lowest BCUT2D eigenvalue weighted by Crippen LogP contribution is -2.33. The minimum atomic E-state index is -0.818. The highest BCUT2D eigenvalue weighted by atomic mass is 16.5. The van der Waals surface area contributed by atoms with E-state index in [9.17, 15) is 20.4 Å². The van der Waals surface area contributed by atoms with Gasteiger partial charge in [0.2, 0.25) is 0 Å². The second kappa shape index (κ2) is 5.38. The number of methoxy groups -OCH3 is 1. The normalized spacial score (nSPS) is 9.77. The molecule has 0 spiro atoms. The molecule has 0 unspecified atom stereocenters. The third-order valence-electron chi connectivity index (χ3n) is 3.14. The van der Waals surface area contributed by atoms with Gasteiger partial charge in [-0.1, -0.05) is 6.07 Å². The van der Waals surface area contributed by atoms with Gasteiger partial charge in [0.1, 0.15) is 29.1 Å². The van der Waals surface area contributed by atoms with Gasteiger partial charge >= 0.3 is 0 Å². The van der Waals surface area contributed by atoms with Crippen molar-refractivity contribution in [3.05, 3.63) is 39.7 Å². The second-order valence-corrected chi connectivity index (χ2v) is 4.30. The van der Waals surface area contributed by atoms with Crippen molar-refractivity contribution < 1.29 is 9.84 Å². The molecule has 1 aromatic heterocycles. The molecule has 1 aromatic carbocycles. The van der Waals surface area contributed by atoms with Crippen molar-refractivity contribution in [1.29, 1.82) is 10.5 Å². The number of phenolic OH excluding ortho intramolecular Hbond substituents is 1. The molecule has 0 bridgehead atoms. The van der Waals surface area contributed by atoms with Gasteiger partial charge < -0.3 is 21.4 Å². The van der Waals surface area contributed by atoms with Crippen LogP contribution >= 0.6 is 0 Å². The van der Waals surface area contributed by atoms with Crippen LogP contribution in [-0.2, 0) is 0 Å². The fourth-order valence-electron chi connectivity index (χ4n) is 2.05. The molecule has 0 aliphatic heterocycles. The topological polar surface area (TPSA) is 151 Å². The number of anilines is 1. The van der Waals surface area contributed by atoms with Crippen molar-refractivity contribution in [2.45, 2.75) is 0 Å². The van der Waals surface area contributed by atoms with Crippen LogP contribution in [0, 0.1) is 22.7 Å². The number of nitrogen functional groups attached to an aromatic ring is 2. The van der Waals surface area contributed by atoms with Gasteiger partial charge in [0, 0.05) is 5.56 Å². The van der Waals surface area contributed by atoms with Gasteiger partial charge in [0.15, 0.2) is 11.5 Å². The van der Waals surface area contributed by atoms with Crippen LogP contribution in [0.4, 0.5) is 5.82 Å². The minimum Gasteiger partial charge on any atom is -0.504 e. The number of nitriles is 2. The SMILES string of the molecule is COc1cc(-c2c(C#N)c(N)n(N)c(=O)c2C#N)ccc1O. The molecular formula is C14H11N5O3. The van der Waals surface area contributed by atoms with Crippen LogP contribution in [0.2, 0.25) is 0 Å². The maximum absolute atomic E-state index is 12.0. The zero-order valence-corrected chi connectivity index (χ0v) is 11.5. The van der Waals surface area contributed by atoms with Crippen LogP contribution in [0.1, 0.15) is 11.1 Å². The molecule has 0 amide bonds. The molecule has 8 nitrogen and oxygen atoms in total. The standard InChI is InChI=1S/C14H11N5O3/c1-22-11-4-7(2-3-10(11)20)12-8(5-15)13(17)19(18)14(21)9(12)6-16/h2-4,20H,17-18H2,1H3. The number of aromatic nitrogens is 1. The molecule has 0 radical (unpaired) electrons. The zero-order chi connectivity index (χ0) is 16.4. The number of hydrogen-bond donors (Lipinski definition) is 3. The quantitative estimate of drug-likeness (QED) is 0.673. The molecule has 22 heavy (non-hydrogen) atoms. The summed E-state index contributed by atoms with van der Waals surface area (Å²) < 4.78 is 5.54. The molecule has 2 aromatic rings. The highest BCUT2D eigenvalue weighted by molar-refractivity contribution is 5.81. The summed E-state index contributed by atoms with van der Waals surface area (Å²) in [4.78, 5) is 12.0. The van der Waals surface area contributed by atoms with Crippen molar-refractivity contribution in [2.24, 2.45) is 0 Å². The second-order valence-electron chi connectivity index (χ2n) is 4.30. The minimum absolute atomic E-state index is 0.0486. The van der Waals surface area contributed by atoms with Gasteiger partial charge in [-0.15, -0.1) is 0 Å². The summed E-state index contributed by atoms with van der Waals surface area (Å²) in [5, 5.41) is 28.1. The molecule has 8 heteroatoms. The van der Waals surface area contributed by atoms with Gasteiger partial charge in [-0.05, 0) is 17.7 Å². The average molecular weight is 297 g/mol. The first-order valence-electron chi connectivity index (χ1n) is 5.97. The Hall–Kier alpha value is -3.65. The monoisotopic (exact) mass is 297 g/mol. The van der Waals surface area contributed by atoms with E-state index >= 15 is 0 Å². The molecule has 1 heterocycles. The van der Waals surface area contributed by atoms with E-state index in [2.05, 4.69) is 0 Å². The fourth-order valence-corrected chi connectivity index (χ4v) is 2.05. The van der Waals surface area contributed by atoms with E-state index in [1.165, 1.54) is 25.3 Å². The summed E-state index contributed by atoms with van der Waals surface area (Å²) in [7, 11) is 1.35. The highest BCUT2D eigenvalue weighted by Gasteiger charge is 2.21. The van der Waals surface area contributed by atoms with Crippen LogP contribution < -0.4 is 21.9 Å². The number of nitrogens with two attached hydrogens (primary N) is 2. The molecule has 0 aliphatic rings. The number of pyridine rings is 1. The van der Waals surface area contributed by atoms with E-state index in [1.54, 1.807) is 6.07 Å². The van der Waals surface area contributed by atoms with Crippen LogP contribution in [0.15, 0.2) is 23.0 Å². The third-order valence-corrected chi connectivity index (χ3v) is 3.14. The molecule has 0 saturated heterocycles. The summed E-state index contributed by atoms with van der Waals surface area (Å²) in [6, 6.07) is 7.73. The zero-order valence-electron chi connectivity index (χ0n) is 11.5. The number of nitrogens with zero attached hydrogens (tertiary/aromatic N) is 3. The number of hydrogen-bond acceptors (Lipinski definition) is 7. The van der Waals surface area contributed by atoms with Crippen molar-refractivity contribution in [3.63, 3.8) is 0 Å². The Morgan fingerprint density at radius 2 is 1.91 bits per heavy atom. The van der Waals surface area contributed by atoms with Gasteiger partial charge in [-0.2, -0.15) is 10.5 Å². The van der Waals surface area contributed by atoms with Gasteiger partial charge in [-0.25, -0.2) is 4.68 Å². The molecular weight excluding hydrogens is 286 g/mol. The predicted molar refractivity (Wildman–Crippen MR) is 78.3 cm³/mol. The Morgan fingerprint density at radius 1 is 1.27 bits per heavy atom. The molecule has 110 valence electrons. The Balaban J connectivity index is 2.95. The third kappa shape index (κ3) is 2.05. The Kier molecular flexibility index (Phi) is 3.61. The van der Waals surface area contributed by atoms with Crippen LogP contribution in [0.3, 0.4) is 0 Å². The van der Waals surface area contributed by atoms with E-state index in [-0.39, 0.29) is 34.0 Å². The lowest BCUT2D eigenvalue weighted by molar-refractivity contribution is 0.373. The van der Waals surface area contributed by atoms with Crippen molar-refractivity contribution in [1.82, 2.24) is 4.68 Å². The van der Waals surface area contributed by atoms with Crippen molar-refractivity contribution in [3.8, 4) is 34.8 Å². The lowest BCUT2D eigenvalue weighted by atomic mass is 9.96. The van der Waals surface area contributed by atoms with E-state index in [4.69, 9.17) is 16.3 Å². The molecule has 0 aliphatic carbocycles. The summed E-state index contributed by atoms with van der Waals surface area (Å²) in [6.45, 7) is 0. The summed E-state index contributed by atoms with van der Waals surface area (Å²) in [5.74, 6) is 5.22. The number of rotatable bonds is 2. The first-order valence-corrected chi connectivity index (χ1v) is 5.97. The average Bonchev–Trinajstić information content (AvgIpc) is 2.53. The highest BCUT2D eigenvalue weighted by Crippen LogP contribution is 2.34. The largest absolute Gasteiger partial charge is 0.504 e. The fraction of sp³-hybridized carbons (Fsp3) is 0.0714. The summed E-state index contributed by atoms with van der Waals surface area (Å²) >= 11 is 0. The van der Waals surface area contributed by atoms with E-state index < -0.39 is 5.56 Å². The predicted octanol–water partition coefficient (Wildman–Crippen LogP) is 0.269. The van der Waals surface area contributed by atoms with Crippen molar-refractivity contribution >= 4 is 5.82 Å². The Morgan fingerprint density at radius 3 is 2.45 bits per heavy atom. The molecule has 2 rings (SSSR count). The first-order chi connectivity index (χ1) is 10.5. The van der Waals surface area contributed by atoms with Crippen molar-refractivity contribution in [2.75, 3.05) is 18.7 Å². The van der Waals surface area contributed by atoms with Crippen LogP contribution in [0.5, 0.6) is 11.5 Å². The maximum Gasteiger partial charge on any atom is 0.289 e. The molecule has 0 fully saturated rings. The molecule has 0 atom stereocenters. The number of benzene rings is 1. The lowest BCUT2D eigenvalue weighted by Gasteiger charge is -2.13. The first kappa shape index (κ1) is 14.8. The Labute approximate surface area is 125 Å². The van der Waals surface area contributed by atoms with Gasteiger partial charge in [0.25, 0.3) is 5.56 Å². The Bertz CT molecular complexity index is 903. The van der Waals surface area contributed by atoms with E-state index in [1.807, 2.05) is 6.07 Å². The number of aromatic hydroxyl groups is 1. The van der Waals surface area contributed by atoms with E-state index in [0.29, 0.717) is 10.2 Å². The van der Waals surface area contributed by atoms with Gasteiger partial charge in [0.05, 0.1) is 7.11 Å². The van der Waals surface area contributed by atoms with E-state index in [0.717, 1.165) is 0 Å². The summed E-state index contributed by atoms with van der Waals surface area (Å²) in [6.07, 6.45) is 0. The summed E-state index contributed by atoms with van der Waals surface area (Å²) in [5.41, 5.74) is 4.81. The number of phenols is 1. The maximum atomic E-state index is 12.0.